The summed E-state index contributed by atoms with van der Waals surface area (Å²) in [6, 6.07) is 21.3. The van der Waals surface area contributed by atoms with Crippen LogP contribution in [-0.4, -0.2) is 10.7 Å². The quantitative estimate of drug-likeness (QED) is 0.395. The van der Waals surface area contributed by atoms with Crippen molar-refractivity contribution in [2.24, 2.45) is 0 Å². The molecule has 0 saturated carbocycles. The van der Waals surface area contributed by atoms with E-state index in [1.165, 1.54) is 6.07 Å². The van der Waals surface area contributed by atoms with E-state index < -0.39 is 4.92 Å². The first-order valence-corrected chi connectivity index (χ1v) is 7.85. The van der Waals surface area contributed by atoms with Crippen molar-refractivity contribution in [1.29, 1.82) is 0 Å². The summed E-state index contributed by atoms with van der Waals surface area (Å²) in [6.07, 6.45) is 1.79. The Morgan fingerprint density at radius 3 is 1.76 bits per heavy atom. The molecule has 0 spiro atoms. The van der Waals surface area contributed by atoms with Crippen LogP contribution in [0.4, 0.5) is 5.69 Å². The monoisotopic (exact) mass is 327 g/mol. The fourth-order valence-electron chi connectivity index (χ4n) is 3.21. The number of fused-ring (bicyclic) bond motifs is 2. The van der Waals surface area contributed by atoms with Crippen molar-refractivity contribution in [3.63, 3.8) is 0 Å². The van der Waals surface area contributed by atoms with Crippen LogP contribution in [0, 0.1) is 10.1 Å². The number of carbonyl (C=O) groups excluding carboxylic acids is 1. The van der Waals surface area contributed by atoms with E-state index in [1.807, 2.05) is 36.4 Å². The summed E-state index contributed by atoms with van der Waals surface area (Å²) in [5, 5.41) is 11.3. The molecule has 3 aromatic carbocycles. The van der Waals surface area contributed by atoms with Crippen molar-refractivity contribution in [3.8, 4) is 0 Å². The molecule has 1 aliphatic rings. The Kier molecular flexibility index (Phi) is 3.51. The van der Waals surface area contributed by atoms with Crippen molar-refractivity contribution in [2.75, 3.05) is 0 Å². The van der Waals surface area contributed by atoms with Gasteiger partial charge in [0.25, 0.3) is 5.69 Å². The molecular formula is C21H13NO3. The molecule has 0 aliphatic heterocycles. The smallest absolute Gasteiger partial charge is 0.276 e. The lowest BCUT2D eigenvalue weighted by atomic mass is 9.80. The highest BCUT2D eigenvalue weighted by molar-refractivity contribution is 6.20. The maximum atomic E-state index is 12.7. The van der Waals surface area contributed by atoms with E-state index >= 15 is 0 Å². The first-order chi connectivity index (χ1) is 12.2. The predicted molar refractivity (Wildman–Crippen MR) is 96.4 cm³/mol. The van der Waals surface area contributed by atoms with Gasteiger partial charge in [-0.3, -0.25) is 14.9 Å². The molecule has 0 fully saturated rings. The van der Waals surface area contributed by atoms with Crippen LogP contribution in [0.1, 0.15) is 32.6 Å². The predicted octanol–water partition coefficient (Wildman–Crippen LogP) is 4.73. The number of carbonyl (C=O) groups is 1. The first-order valence-electron chi connectivity index (χ1n) is 7.85. The minimum atomic E-state index is -0.391. The highest BCUT2D eigenvalue weighted by Gasteiger charge is 2.26. The number of benzene rings is 3. The molecule has 0 amide bonds. The molecule has 0 N–H and O–H groups in total. The molecule has 0 aromatic heterocycles. The van der Waals surface area contributed by atoms with Crippen LogP contribution in [-0.2, 0) is 0 Å². The van der Waals surface area contributed by atoms with E-state index in [0.717, 1.165) is 16.7 Å². The van der Waals surface area contributed by atoms with Crippen LogP contribution in [0.15, 0.2) is 72.8 Å². The Morgan fingerprint density at radius 2 is 1.20 bits per heavy atom. The fraction of sp³-hybridized carbons (Fsp3) is 0. The van der Waals surface area contributed by atoms with E-state index in [2.05, 4.69) is 0 Å². The van der Waals surface area contributed by atoms with Gasteiger partial charge in [0, 0.05) is 17.2 Å². The molecule has 0 atom stereocenters. The van der Waals surface area contributed by atoms with Crippen molar-refractivity contribution < 1.29 is 9.72 Å². The van der Waals surface area contributed by atoms with Gasteiger partial charge in [0.15, 0.2) is 5.78 Å². The Labute approximate surface area is 144 Å². The second-order valence-electron chi connectivity index (χ2n) is 5.79. The van der Waals surface area contributed by atoms with E-state index in [0.29, 0.717) is 16.7 Å². The van der Waals surface area contributed by atoms with E-state index in [9.17, 15) is 14.9 Å². The molecule has 3 aromatic rings. The number of nitro groups is 1. The summed E-state index contributed by atoms with van der Waals surface area (Å²) in [5.74, 6) is -0.0223. The lowest BCUT2D eigenvalue weighted by Gasteiger charge is -2.21. The maximum absolute atomic E-state index is 12.7. The minimum absolute atomic E-state index is 0.0223. The SMILES string of the molecule is O=C1c2ccccc2C(=Cc2ccccc2[N+](=O)[O-])c2ccccc21. The molecule has 0 heterocycles. The third kappa shape index (κ3) is 2.44. The maximum Gasteiger partial charge on any atom is 0.276 e. The van der Waals surface area contributed by atoms with Gasteiger partial charge in [0.2, 0.25) is 0 Å². The van der Waals surface area contributed by atoms with Crippen molar-refractivity contribution in [3.05, 3.63) is 111 Å². The summed E-state index contributed by atoms with van der Waals surface area (Å²) >= 11 is 0. The van der Waals surface area contributed by atoms with Gasteiger partial charge in [-0.1, -0.05) is 60.7 Å². The van der Waals surface area contributed by atoms with Gasteiger partial charge in [0.05, 0.1) is 10.5 Å². The van der Waals surface area contributed by atoms with Gasteiger partial charge in [-0.15, -0.1) is 0 Å². The largest absolute Gasteiger partial charge is 0.289 e. The molecule has 0 saturated heterocycles. The molecule has 4 nitrogen and oxygen atoms in total. The van der Waals surface area contributed by atoms with Crippen LogP contribution < -0.4 is 0 Å². The second-order valence-corrected chi connectivity index (χ2v) is 5.79. The normalized spacial score (nSPS) is 12.3. The number of ketones is 1. The molecule has 0 bridgehead atoms. The number of nitrogens with zero attached hydrogens (tertiary/aromatic N) is 1. The Hall–Kier alpha value is -3.53. The zero-order chi connectivity index (χ0) is 17.4. The van der Waals surface area contributed by atoms with Crippen molar-refractivity contribution in [1.82, 2.24) is 0 Å². The highest BCUT2D eigenvalue weighted by atomic mass is 16.6. The van der Waals surface area contributed by atoms with Crippen molar-refractivity contribution >= 4 is 23.1 Å². The molecule has 0 unspecified atom stereocenters. The van der Waals surface area contributed by atoms with Crippen LogP contribution in [0.25, 0.3) is 11.6 Å². The Morgan fingerprint density at radius 1 is 0.720 bits per heavy atom. The third-order valence-electron chi connectivity index (χ3n) is 4.36. The molecule has 4 rings (SSSR count). The lowest BCUT2D eigenvalue weighted by Crippen LogP contribution is -2.14. The molecule has 0 radical (unpaired) electrons. The lowest BCUT2D eigenvalue weighted by molar-refractivity contribution is -0.385. The van der Waals surface area contributed by atoms with Crippen LogP contribution in [0.2, 0.25) is 0 Å². The average Bonchev–Trinajstić information content (AvgIpc) is 2.65. The zero-order valence-corrected chi connectivity index (χ0v) is 13.2. The number of hydrogen-bond donors (Lipinski definition) is 0. The van der Waals surface area contributed by atoms with Crippen LogP contribution >= 0.6 is 0 Å². The summed E-state index contributed by atoms with van der Waals surface area (Å²) in [6.45, 7) is 0. The van der Waals surface area contributed by atoms with Gasteiger partial charge in [-0.25, -0.2) is 0 Å². The van der Waals surface area contributed by atoms with Crippen molar-refractivity contribution in [2.45, 2.75) is 0 Å². The molecule has 1 aliphatic carbocycles. The average molecular weight is 327 g/mol. The van der Waals surface area contributed by atoms with Gasteiger partial charge < -0.3 is 0 Å². The summed E-state index contributed by atoms with van der Waals surface area (Å²) in [5.41, 5.74) is 4.20. The van der Waals surface area contributed by atoms with E-state index in [4.69, 9.17) is 0 Å². The van der Waals surface area contributed by atoms with Gasteiger partial charge in [-0.05, 0) is 28.8 Å². The molecule has 25 heavy (non-hydrogen) atoms. The van der Waals surface area contributed by atoms with Crippen LogP contribution in [0.5, 0.6) is 0 Å². The number of hydrogen-bond acceptors (Lipinski definition) is 3. The number of para-hydroxylation sites is 1. The molecule has 120 valence electrons. The van der Waals surface area contributed by atoms with Crippen LogP contribution in [0.3, 0.4) is 0 Å². The zero-order valence-electron chi connectivity index (χ0n) is 13.2. The first kappa shape index (κ1) is 15.0. The minimum Gasteiger partial charge on any atom is -0.289 e. The topological polar surface area (TPSA) is 60.2 Å². The third-order valence-corrected chi connectivity index (χ3v) is 4.36. The summed E-state index contributed by atoms with van der Waals surface area (Å²) in [7, 11) is 0. The second kappa shape index (κ2) is 5.83. The fourth-order valence-corrected chi connectivity index (χ4v) is 3.21. The number of rotatable bonds is 2. The highest BCUT2D eigenvalue weighted by Crippen LogP contribution is 2.37. The molecular weight excluding hydrogens is 314 g/mol. The Bertz CT molecular complexity index is 999. The van der Waals surface area contributed by atoms with E-state index in [-0.39, 0.29) is 11.5 Å². The van der Waals surface area contributed by atoms with E-state index in [1.54, 1.807) is 36.4 Å². The number of nitro benzene ring substituents is 1. The van der Waals surface area contributed by atoms with Gasteiger partial charge >= 0.3 is 0 Å². The molecule has 4 heteroatoms. The Balaban J connectivity index is 2.02. The van der Waals surface area contributed by atoms with Gasteiger partial charge in [0.1, 0.15) is 0 Å². The standard InChI is InChI=1S/C21H13NO3/c23-21-17-10-4-2-8-15(17)19(16-9-3-5-11-18(16)21)13-14-7-1-6-12-20(14)22(24)25/h1-13H. The van der Waals surface area contributed by atoms with Gasteiger partial charge in [-0.2, -0.15) is 0 Å². The summed E-state index contributed by atoms with van der Waals surface area (Å²) in [4.78, 5) is 23.7. The summed E-state index contributed by atoms with van der Waals surface area (Å²) < 4.78 is 0.